The number of carbonyl (C=O) groups is 1. The van der Waals surface area contributed by atoms with Crippen molar-refractivity contribution in [2.24, 2.45) is 4.99 Å². The first-order valence-electron chi connectivity index (χ1n) is 10.7. The van der Waals surface area contributed by atoms with Crippen LogP contribution >= 0.6 is 22.7 Å². The number of hydrogen-bond acceptors (Lipinski definition) is 6. The van der Waals surface area contributed by atoms with E-state index in [0.717, 1.165) is 21.2 Å². The first-order chi connectivity index (χ1) is 15.9. The molecule has 2 aromatic heterocycles. The highest BCUT2D eigenvalue weighted by Crippen LogP contribution is 2.33. The summed E-state index contributed by atoms with van der Waals surface area (Å²) >= 11 is 2.85. The Morgan fingerprint density at radius 1 is 1.12 bits per heavy atom. The van der Waals surface area contributed by atoms with E-state index in [1.54, 1.807) is 11.5 Å². The van der Waals surface area contributed by atoms with Crippen LogP contribution < -0.4 is 14.9 Å². The van der Waals surface area contributed by atoms with Gasteiger partial charge in [0.05, 0.1) is 21.9 Å². The van der Waals surface area contributed by atoms with Crippen molar-refractivity contribution >= 4 is 45.5 Å². The number of nitrogens with zero attached hydrogens (tertiary/aromatic N) is 2. The van der Waals surface area contributed by atoms with E-state index >= 15 is 0 Å². The lowest BCUT2D eigenvalue weighted by Crippen LogP contribution is -2.39. The monoisotopic (exact) mass is 474 g/mol. The van der Waals surface area contributed by atoms with Gasteiger partial charge in [0.2, 0.25) is 0 Å². The molecular formula is C26H22N2O3S2. The minimum absolute atomic E-state index is 0.160. The maximum atomic E-state index is 13.7. The molecule has 1 aliphatic heterocycles. The molecule has 1 atom stereocenters. The second kappa shape index (κ2) is 8.57. The molecule has 0 aliphatic carbocycles. The number of benzene rings is 2. The van der Waals surface area contributed by atoms with E-state index in [9.17, 15) is 9.59 Å². The van der Waals surface area contributed by atoms with Crippen molar-refractivity contribution in [1.29, 1.82) is 0 Å². The van der Waals surface area contributed by atoms with Gasteiger partial charge >= 0.3 is 5.97 Å². The third-order valence-electron chi connectivity index (χ3n) is 5.51. The Morgan fingerprint density at radius 2 is 1.91 bits per heavy atom. The van der Waals surface area contributed by atoms with Crippen LogP contribution in [0.2, 0.25) is 0 Å². The first-order valence-corrected chi connectivity index (χ1v) is 12.4. The van der Waals surface area contributed by atoms with Crippen LogP contribution in [-0.4, -0.2) is 16.6 Å². The van der Waals surface area contributed by atoms with Gasteiger partial charge in [0.15, 0.2) is 4.80 Å². The fourth-order valence-electron chi connectivity index (χ4n) is 4.09. The highest BCUT2D eigenvalue weighted by atomic mass is 32.1. The summed E-state index contributed by atoms with van der Waals surface area (Å²) in [6.45, 7) is 5.43. The van der Waals surface area contributed by atoms with Gasteiger partial charge in [0.1, 0.15) is 6.04 Å². The number of thiophene rings is 1. The number of thiazole rings is 1. The second-order valence-electron chi connectivity index (χ2n) is 8.12. The number of carbonyl (C=O) groups excluding carboxylic acids is 1. The molecule has 0 spiro atoms. The molecule has 2 aromatic carbocycles. The van der Waals surface area contributed by atoms with E-state index in [2.05, 4.69) is 23.2 Å². The molecule has 1 unspecified atom stereocenters. The molecule has 0 bridgehead atoms. The molecule has 0 radical (unpaired) electrons. The van der Waals surface area contributed by atoms with Gasteiger partial charge in [-0.2, -0.15) is 0 Å². The summed E-state index contributed by atoms with van der Waals surface area (Å²) in [6.07, 6.45) is 1.65. The summed E-state index contributed by atoms with van der Waals surface area (Å²) in [7, 11) is 0. The number of esters is 1. The maximum absolute atomic E-state index is 13.7. The summed E-state index contributed by atoms with van der Waals surface area (Å²) in [5.41, 5.74) is 1.81. The molecule has 0 saturated carbocycles. The van der Waals surface area contributed by atoms with Crippen LogP contribution in [0.15, 0.2) is 81.0 Å². The van der Waals surface area contributed by atoms with E-state index in [-0.39, 0.29) is 11.7 Å². The summed E-state index contributed by atoms with van der Waals surface area (Å²) in [5, 5.41) is 4.14. The fourth-order valence-corrected chi connectivity index (χ4v) is 5.95. The summed E-state index contributed by atoms with van der Waals surface area (Å²) in [5.74, 6) is -0.437. The smallest absolute Gasteiger partial charge is 0.338 e. The van der Waals surface area contributed by atoms with E-state index in [1.807, 2.05) is 61.7 Å². The molecule has 166 valence electrons. The molecule has 7 heteroatoms. The van der Waals surface area contributed by atoms with Crippen molar-refractivity contribution in [3.05, 3.63) is 101 Å². The normalized spacial score (nSPS) is 16.2. The maximum Gasteiger partial charge on any atom is 0.338 e. The molecule has 4 aromatic rings. The van der Waals surface area contributed by atoms with Crippen LogP contribution in [0.3, 0.4) is 0 Å². The largest absolute Gasteiger partial charge is 0.459 e. The van der Waals surface area contributed by atoms with Gasteiger partial charge in [-0.15, -0.1) is 11.3 Å². The highest BCUT2D eigenvalue weighted by Gasteiger charge is 2.34. The van der Waals surface area contributed by atoms with Gasteiger partial charge in [-0.25, -0.2) is 9.79 Å². The zero-order chi connectivity index (χ0) is 23.1. The lowest BCUT2D eigenvalue weighted by Gasteiger charge is -2.24. The van der Waals surface area contributed by atoms with Crippen LogP contribution in [0.4, 0.5) is 0 Å². The molecule has 33 heavy (non-hydrogen) atoms. The van der Waals surface area contributed by atoms with E-state index in [1.165, 1.54) is 22.7 Å². The van der Waals surface area contributed by atoms with Crippen molar-refractivity contribution in [3.63, 3.8) is 0 Å². The number of allylic oxidation sites excluding steroid dienone is 1. The molecule has 0 amide bonds. The van der Waals surface area contributed by atoms with Crippen molar-refractivity contribution in [2.75, 3.05) is 0 Å². The standard InChI is InChI=1S/C26H22N2O3S2/c1-15(2)31-25(30)22-16(3)27-26-28(23(22)20-12-7-13-32-20)24(29)21(33-26)14-18-10-6-9-17-8-4-5-11-19(17)18/h4-15,23H,1-3H3/b21-14+. The SMILES string of the molecule is CC1=C(C(=O)OC(C)C)C(c2cccs2)n2c(s/c(=C/c3cccc4ccccc34)c2=O)=N1. The van der Waals surface area contributed by atoms with E-state index in [4.69, 9.17) is 4.74 Å². The molecule has 0 fully saturated rings. The number of fused-ring (bicyclic) bond motifs is 2. The lowest BCUT2D eigenvalue weighted by molar-refractivity contribution is -0.143. The average Bonchev–Trinajstić information content (AvgIpc) is 3.41. The zero-order valence-corrected chi connectivity index (χ0v) is 20.1. The third-order valence-corrected chi connectivity index (χ3v) is 7.41. The van der Waals surface area contributed by atoms with Gasteiger partial charge in [-0.1, -0.05) is 59.9 Å². The van der Waals surface area contributed by atoms with Crippen molar-refractivity contribution < 1.29 is 9.53 Å². The molecule has 0 N–H and O–H groups in total. The van der Waals surface area contributed by atoms with Gasteiger partial charge in [-0.05, 0) is 54.6 Å². The van der Waals surface area contributed by atoms with Crippen molar-refractivity contribution in [3.8, 4) is 0 Å². The Hall–Kier alpha value is -3.29. The van der Waals surface area contributed by atoms with Crippen LogP contribution in [0.5, 0.6) is 0 Å². The minimum Gasteiger partial charge on any atom is -0.459 e. The first kappa shape index (κ1) is 21.6. The molecule has 5 nitrogen and oxygen atoms in total. The van der Waals surface area contributed by atoms with Crippen molar-refractivity contribution in [2.45, 2.75) is 32.9 Å². The predicted molar refractivity (Wildman–Crippen MR) is 133 cm³/mol. The summed E-state index contributed by atoms with van der Waals surface area (Å²) < 4.78 is 7.74. The fraction of sp³-hybridized carbons (Fsp3) is 0.192. The number of aromatic nitrogens is 1. The minimum atomic E-state index is -0.554. The van der Waals surface area contributed by atoms with Crippen LogP contribution in [0, 0.1) is 0 Å². The number of hydrogen-bond donors (Lipinski definition) is 0. The van der Waals surface area contributed by atoms with Crippen LogP contribution in [0.25, 0.3) is 16.8 Å². The van der Waals surface area contributed by atoms with Gasteiger partial charge in [-0.3, -0.25) is 9.36 Å². The Kier molecular flexibility index (Phi) is 5.60. The molecular weight excluding hydrogens is 452 g/mol. The van der Waals surface area contributed by atoms with Crippen LogP contribution in [-0.2, 0) is 9.53 Å². The Bertz CT molecular complexity index is 1570. The lowest BCUT2D eigenvalue weighted by atomic mass is 10.0. The Morgan fingerprint density at radius 3 is 2.67 bits per heavy atom. The molecule has 1 aliphatic rings. The highest BCUT2D eigenvalue weighted by molar-refractivity contribution is 7.10. The topological polar surface area (TPSA) is 60.7 Å². The summed E-state index contributed by atoms with van der Waals surface area (Å²) in [4.78, 5) is 32.8. The van der Waals surface area contributed by atoms with Gasteiger partial charge < -0.3 is 4.74 Å². The number of ether oxygens (including phenoxy) is 1. The second-order valence-corrected chi connectivity index (χ2v) is 10.1. The number of rotatable bonds is 4. The zero-order valence-electron chi connectivity index (χ0n) is 18.4. The summed E-state index contributed by atoms with van der Waals surface area (Å²) in [6, 6.07) is 17.5. The Labute approximate surface area is 198 Å². The van der Waals surface area contributed by atoms with Crippen LogP contribution in [0.1, 0.15) is 37.3 Å². The van der Waals surface area contributed by atoms with Gasteiger partial charge in [0.25, 0.3) is 5.56 Å². The quantitative estimate of drug-likeness (QED) is 0.412. The average molecular weight is 475 g/mol. The third kappa shape index (κ3) is 3.87. The molecule has 3 heterocycles. The van der Waals surface area contributed by atoms with Crippen molar-refractivity contribution in [1.82, 2.24) is 4.57 Å². The van der Waals surface area contributed by atoms with Gasteiger partial charge in [0, 0.05) is 4.88 Å². The predicted octanol–water partition coefficient (Wildman–Crippen LogP) is 4.40. The van der Waals surface area contributed by atoms with E-state index in [0.29, 0.717) is 20.6 Å². The molecule has 5 rings (SSSR count). The molecule has 0 saturated heterocycles. The van der Waals surface area contributed by atoms with E-state index < -0.39 is 12.0 Å². The Balaban J connectivity index is 1.73.